The maximum Gasteiger partial charge on any atom is 0.326 e. The van der Waals surface area contributed by atoms with Crippen molar-refractivity contribution in [2.24, 2.45) is 0 Å². The summed E-state index contributed by atoms with van der Waals surface area (Å²) in [6.45, 7) is 4.56. The molecule has 0 bridgehead atoms. The van der Waals surface area contributed by atoms with Crippen LogP contribution in [0.4, 0.5) is 4.79 Å². The van der Waals surface area contributed by atoms with E-state index in [1.54, 1.807) is 0 Å². The average molecular weight is 286 g/mol. The number of aliphatic hydroxyl groups is 1. The molecule has 2 saturated heterocycles. The van der Waals surface area contributed by atoms with Crippen molar-refractivity contribution in [3.05, 3.63) is 0 Å². The minimum atomic E-state index is -1.08. The highest BCUT2D eigenvalue weighted by Gasteiger charge is 2.40. The number of ether oxygens (including phenoxy) is 1. The molecule has 0 radical (unpaired) electrons. The molecule has 0 aliphatic carbocycles. The van der Waals surface area contributed by atoms with Gasteiger partial charge in [-0.15, -0.1) is 0 Å². The Morgan fingerprint density at radius 1 is 1.40 bits per heavy atom. The maximum atomic E-state index is 12.2. The van der Waals surface area contributed by atoms with E-state index in [0.717, 1.165) is 0 Å². The highest BCUT2D eigenvalue weighted by molar-refractivity contribution is 5.83. The third-order valence-corrected chi connectivity index (χ3v) is 3.85. The minimum absolute atomic E-state index is 0.0292. The van der Waals surface area contributed by atoms with Gasteiger partial charge < -0.3 is 25.2 Å². The van der Waals surface area contributed by atoms with Crippen molar-refractivity contribution >= 4 is 12.0 Å². The molecule has 2 amide bonds. The Morgan fingerprint density at radius 2 is 2.10 bits per heavy atom. The predicted octanol–water partition coefficient (Wildman–Crippen LogP) is 0.173. The second-order valence-electron chi connectivity index (χ2n) is 6.14. The number of hydrogen-bond donors (Lipinski definition) is 3. The van der Waals surface area contributed by atoms with Gasteiger partial charge in [-0.25, -0.2) is 9.59 Å². The van der Waals surface area contributed by atoms with Gasteiger partial charge in [-0.1, -0.05) is 0 Å². The molecule has 20 heavy (non-hydrogen) atoms. The Kier molecular flexibility index (Phi) is 4.19. The molecule has 2 aliphatic rings. The first-order valence-corrected chi connectivity index (χ1v) is 6.90. The van der Waals surface area contributed by atoms with Gasteiger partial charge in [0.15, 0.2) is 0 Å². The number of carboxylic acid groups (broad SMARTS) is 1. The summed E-state index contributed by atoms with van der Waals surface area (Å²) in [7, 11) is 0. The first-order chi connectivity index (χ1) is 9.28. The zero-order valence-corrected chi connectivity index (χ0v) is 11.8. The molecular formula is C13H22N2O5. The number of aliphatic carboxylic acids is 1. The number of hydrogen-bond acceptors (Lipinski definition) is 4. The Balaban J connectivity index is 1.95. The number of urea groups is 1. The van der Waals surface area contributed by atoms with Crippen molar-refractivity contribution in [3.8, 4) is 0 Å². The Morgan fingerprint density at radius 3 is 2.70 bits per heavy atom. The van der Waals surface area contributed by atoms with Crippen molar-refractivity contribution in [1.29, 1.82) is 0 Å². The Labute approximate surface area is 117 Å². The lowest BCUT2D eigenvalue weighted by atomic mass is 9.94. The normalized spacial score (nSPS) is 33.0. The number of nitrogens with zero attached hydrogens (tertiary/aromatic N) is 1. The van der Waals surface area contributed by atoms with Crippen LogP contribution in [0, 0.1) is 0 Å². The molecule has 114 valence electrons. The number of carbonyl (C=O) groups is 2. The summed E-state index contributed by atoms with van der Waals surface area (Å²) < 4.78 is 5.58. The Bertz CT molecular complexity index is 398. The van der Waals surface area contributed by atoms with Crippen LogP contribution in [0.25, 0.3) is 0 Å². The fourth-order valence-corrected chi connectivity index (χ4v) is 2.88. The van der Waals surface area contributed by atoms with E-state index in [9.17, 15) is 14.7 Å². The molecule has 3 atom stereocenters. The lowest BCUT2D eigenvalue weighted by Gasteiger charge is -2.36. The van der Waals surface area contributed by atoms with Gasteiger partial charge in [-0.3, -0.25) is 0 Å². The zero-order chi connectivity index (χ0) is 14.9. The van der Waals surface area contributed by atoms with Crippen LogP contribution in [0.3, 0.4) is 0 Å². The van der Waals surface area contributed by atoms with Crippen LogP contribution < -0.4 is 5.32 Å². The topological polar surface area (TPSA) is 99.1 Å². The van der Waals surface area contributed by atoms with E-state index in [4.69, 9.17) is 9.84 Å². The lowest BCUT2D eigenvalue weighted by Crippen LogP contribution is -2.52. The second kappa shape index (κ2) is 5.57. The third-order valence-electron chi connectivity index (χ3n) is 3.85. The van der Waals surface area contributed by atoms with Gasteiger partial charge in [0.25, 0.3) is 0 Å². The number of aliphatic hydroxyl groups excluding tert-OH is 1. The maximum absolute atomic E-state index is 12.2. The van der Waals surface area contributed by atoms with Gasteiger partial charge in [0, 0.05) is 25.6 Å². The molecule has 2 heterocycles. The molecule has 0 aromatic rings. The van der Waals surface area contributed by atoms with Crippen LogP contribution in [0.5, 0.6) is 0 Å². The van der Waals surface area contributed by atoms with Crippen molar-refractivity contribution in [2.45, 2.75) is 56.9 Å². The molecule has 3 N–H and O–H groups in total. The molecule has 0 aromatic heterocycles. The number of amides is 2. The van der Waals surface area contributed by atoms with E-state index >= 15 is 0 Å². The first kappa shape index (κ1) is 15.1. The summed E-state index contributed by atoms with van der Waals surface area (Å²) in [6, 6.07) is -1.40. The summed E-state index contributed by atoms with van der Waals surface area (Å²) in [5, 5.41) is 21.5. The summed E-state index contributed by atoms with van der Waals surface area (Å²) in [5.41, 5.74) is -0.285. The van der Waals surface area contributed by atoms with E-state index in [-0.39, 0.29) is 24.6 Å². The van der Waals surface area contributed by atoms with Crippen molar-refractivity contribution in [3.63, 3.8) is 0 Å². The first-order valence-electron chi connectivity index (χ1n) is 6.90. The van der Waals surface area contributed by atoms with Gasteiger partial charge in [0.2, 0.25) is 0 Å². The highest BCUT2D eigenvalue weighted by Crippen LogP contribution is 2.25. The van der Waals surface area contributed by atoms with Crippen LogP contribution in [-0.2, 0) is 9.53 Å². The van der Waals surface area contributed by atoms with Crippen LogP contribution in [0.15, 0.2) is 0 Å². The summed E-state index contributed by atoms with van der Waals surface area (Å²) >= 11 is 0. The molecule has 0 saturated carbocycles. The summed E-state index contributed by atoms with van der Waals surface area (Å²) in [6.07, 6.45) is 0.714. The van der Waals surface area contributed by atoms with E-state index in [2.05, 4.69) is 5.32 Å². The quantitative estimate of drug-likeness (QED) is 0.672. The molecule has 0 spiro atoms. The van der Waals surface area contributed by atoms with Gasteiger partial charge in [0.05, 0.1) is 11.7 Å². The van der Waals surface area contributed by atoms with Crippen molar-refractivity contribution in [2.75, 3.05) is 13.2 Å². The number of nitrogens with one attached hydrogen (secondary N) is 1. The van der Waals surface area contributed by atoms with E-state index in [0.29, 0.717) is 19.4 Å². The summed E-state index contributed by atoms with van der Waals surface area (Å²) in [4.78, 5) is 24.5. The highest BCUT2D eigenvalue weighted by atomic mass is 16.5. The predicted molar refractivity (Wildman–Crippen MR) is 70.3 cm³/mol. The molecule has 7 heteroatoms. The van der Waals surface area contributed by atoms with E-state index in [1.807, 2.05) is 13.8 Å². The second-order valence-corrected chi connectivity index (χ2v) is 6.14. The lowest BCUT2D eigenvalue weighted by molar-refractivity contribution is -0.141. The molecule has 7 nitrogen and oxygen atoms in total. The smallest absolute Gasteiger partial charge is 0.326 e. The van der Waals surface area contributed by atoms with Gasteiger partial charge in [0.1, 0.15) is 6.04 Å². The zero-order valence-electron chi connectivity index (χ0n) is 11.8. The fraction of sp³-hybridized carbons (Fsp3) is 0.846. The number of rotatable bonds is 2. The number of carboxylic acids is 1. The number of carbonyl (C=O) groups excluding carboxylic acids is 1. The van der Waals surface area contributed by atoms with Crippen LogP contribution in [-0.4, -0.2) is 64.1 Å². The molecule has 0 aromatic carbocycles. The van der Waals surface area contributed by atoms with Crippen LogP contribution >= 0.6 is 0 Å². The molecule has 2 fully saturated rings. The third kappa shape index (κ3) is 3.40. The van der Waals surface area contributed by atoms with Crippen molar-refractivity contribution in [1.82, 2.24) is 10.2 Å². The standard InChI is InChI=1S/C13H22N2O5/c1-13(2)6-8(3-4-20-13)14-12(19)15-7-9(16)5-10(15)11(17)18/h8-10,16H,3-7H2,1-2H3,(H,14,19)(H,17,18). The number of likely N-dealkylation sites (tertiary alicyclic amines) is 1. The van der Waals surface area contributed by atoms with Crippen LogP contribution in [0.1, 0.15) is 33.1 Å². The monoisotopic (exact) mass is 286 g/mol. The fourth-order valence-electron chi connectivity index (χ4n) is 2.88. The summed E-state index contributed by atoms with van der Waals surface area (Å²) in [5.74, 6) is -1.08. The molecular weight excluding hydrogens is 264 g/mol. The largest absolute Gasteiger partial charge is 0.480 e. The Hall–Kier alpha value is -1.34. The molecule has 3 unspecified atom stereocenters. The van der Waals surface area contributed by atoms with Gasteiger partial charge in [-0.2, -0.15) is 0 Å². The molecule has 2 rings (SSSR count). The van der Waals surface area contributed by atoms with Crippen LogP contribution in [0.2, 0.25) is 0 Å². The number of β-amino-alcohol motifs (C(OH)–C–C–N with tert-alkyl or cyclic N) is 1. The average Bonchev–Trinajstić information content (AvgIpc) is 2.70. The SMILES string of the molecule is CC1(C)CC(NC(=O)N2CC(O)CC2C(=O)O)CCO1. The van der Waals surface area contributed by atoms with Crippen molar-refractivity contribution < 1.29 is 24.5 Å². The van der Waals surface area contributed by atoms with E-state index < -0.39 is 24.1 Å². The van der Waals surface area contributed by atoms with Gasteiger partial charge >= 0.3 is 12.0 Å². The minimum Gasteiger partial charge on any atom is -0.480 e. The molecule has 2 aliphatic heterocycles. The van der Waals surface area contributed by atoms with Gasteiger partial charge in [-0.05, 0) is 26.7 Å². The van der Waals surface area contributed by atoms with E-state index in [1.165, 1.54) is 4.90 Å².